The van der Waals surface area contributed by atoms with Crippen LogP contribution < -0.4 is 4.74 Å². The summed E-state index contributed by atoms with van der Waals surface area (Å²) in [5, 5.41) is 1.69. The zero-order valence-electron chi connectivity index (χ0n) is 18.2. The van der Waals surface area contributed by atoms with Gasteiger partial charge in [-0.15, -0.1) is 0 Å². The summed E-state index contributed by atoms with van der Waals surface area (Å²) < 4.78 is 16.1. The summed E-state index contributed by atoms with van der Waals surface area (Å²) >= 11 is 0. The number of benzene rings is 2. The van der Waals surface area contributed by atoms with Crippen LogP contribution in [0.2, 0.25) is 0 Å². The first-order valence-electron chi connectivity index (χ1n) is 10.5. The maximum atomic E-state index is 13.3. The molecule has 0 bridgehead atoms. The normalized spacial score (nSPS) is 18.2. The minimum atomic E-state index is -1.55. The molecular weight excluding hydrogens is 398 g/mol. The maximum absolute atomic E-state index is 13.3. The first-order chi connectivity index (χ1) is 15.1. The van der Waals surface area contributed by atoms with Crippen molar-refractivity contribution in [2.45, 2.75) is 32.9 Å². The summed E-state index contributed by atoms with van der Waals surface area (Å²) in [5.74, 6) is -0.529. The fourth-order valence-corrected chi connectivity index (χ4v) is 3.95. The molecule has 7 nitrogen and oxygen atoms in total. The van der Waals surface area contributed by atoms with Gasteiger partial charge in [-0.05, 0) is 37.1 Å². The minimum Gasteiger partial charge on any atom is -0.497 e. The van der Waals surface area contributed by atoms with Gasteiger partial charge in [0.2, 0.25) is 0 Å². The Kier molecular flexibility index (Phi) is 7.65. The van der Waals surface area contributed by atoms with E-state index in [1.807, 2.05) is 42.5 Å². The standard InChI is InChI=1S/C24H29NO6/c1-4-29-22(26)24(23(27)30-5-2)15-16-31-25(17-18-9-7-6-8-10-18)21(24)19-11-13-20(28-3)14-12-19/h6-14,21H,4-5,15-17H2,1-3H3. The monoisotopic (exact) mass is 427 g/mol. The molecule has 31 heavy (non-hydrogen) atoms. The average molecular weight is 427 g/mol. The van der Waals surface area contributed by atoms with Crippen molar-refractivity contribution in [3.8, 4) is 5.75 Å². The lowest BCUT2D eigenvalue weighted by Crippen LogP contribution is -2.56. The molecule has 1 unspecified atom stereocenters. The van der Waals surface area contributed by atoms with E-state index in [-0.39, 0.29) is 26.2 Å². The van der Waals surface area contributed by atoms with Gasteiger partial charge in [0.1, 0.15) is 5.75 Å². The molecule has 0 spiro atoms. The van der Waals surface area contributed by atoms with Gasteiger partial charge in [0.25, 0.3) is 0 Å². The zero-order valence-corrected chi connectivity index (χ0v) is 18.2. The molecule has 7 heteroatoms. The highest BCUT2D eigenvalue weighted by Gasteiger charge is 2.59. The zero-order chi connectivity index (χ0) is 22.3. The van der Waals surface area contributed by atoms with Gasteiger partial charge in [-0.2, -0.15) is 5.06 Å². The average Bonchev–Trinajstić information content (AvgIpc) is 2.80. The molecule has 166 valence electrons. The van der Waals surface area contributed by atoms with Crippen LogP contribution in [0.1, 0.15) is 37.4 Å². The Balaban J connectivity index is 2.12. The maximum Gasteiger partial charge on any atom is 0.325 e. The Labute approximate surface area is 182 Å². The Hall–Kier alpha value is -2.90. The highest BCUT2D eigenvalue weighted by molar-refractivity contribution is 6.01. The number of hydrogen-bond donors (Lipinski definition) is 0. The molecule has 0 aromatic heterocycles. The number of nitrogens with zero attached hydrogens (tertiary/aromatic N) is 1. The molecule has 1 atom stereocenters. The SMILES string of the molecule is CCOC(=O)C1(C(=O)OCC)CCON(Cc2ccccc2)C1c1ccc(OC)cc1. The smallest absolute Gasteiger partial charge is 0.325 e. The number of esters is 2. The predicted molar refractivity (Wildman–Crippen MR) is 114 cm³/mol. The van der Waals surface area contributed by atoms with Crippen LogP contribution in [-0.4, -0.2) is 43.9 Å². The molecule has 2 aromatic rings. The van der Waals surface area contributed by atoms with E-state index in [1.165, 1.54) is 0 Å². The molecule has 1 fully saturated rings. The van der Waals surface area contributed by atoms with Crippen LogP contribution in [0.5, 0.6) is 5.75 Å². The van der Waals surface area contributed by atoms with E-state index in [2.05, 4.69) is 0 Å². The van der Waals surface area contributed by atoms with Gasteiger partial charge < -0.3 is 14.2 Å². The first-order valence-corrected chi connectivity index (χ1v) is 10.5. The topological polar surface area (TPSA) is 74.3 Å². The third-order valence-corrected chi connectivity index (χ3v) is 5.40. The molecule has 1 saturated heterocycles. The number of carbonyl (C=O) groups is 2. The summed E-state index contributed by atoms with van der Waals surface area (Å²) in [6, 6.07) is 16.3. The fourth-order valence-electron chi connectivity index (χ4n) is 3.95. The van der Waals surface area contributed by atoms with Gasteiger partial charge >= 0.3 is 11.9 Å². The van der Waals surface area contributed by atoms with Crippen LogP contribution in [0.15, 0.2) is 54.6 Å². The Morgan fingerprint density at radius 2 is 1.61 bits per heavy atom. The third kappa shape index (κ3) is 4.73. The van der Waals surface area contributed by atoms with Crippen LogP contribution in [0, 0.1) is 5.41 Å². The highest BCUT2D eigenvalue weighted by Crippen LogP contribution is 2.48. The summed E-state index contributed by atoms with van der Waals surface area (Å²) in [7, 11) is 1.59. The number of carbonyl (C=O) groups excluding carboxylic acids is 2. The minimum absolute atomic E-state index is 0.159. The lowest BCUT2D eigenvalue weighted by atomic mass is 9.73. The van der Waals surface area contributed by atoms with E-state index in [9.17, 15) is 9.59 Å². The van der Waals surface area contributed by atoms with Crippen molar-refractivity contribution in [3.63, 3.8) is 0 Å². The lowest BCUT2D eigenvalue weighted by Gasteiger charge is -2.45. The van der Waals surface area contributed by atoms with Gasteiger partial charge in [0, 0.05) is 13.0 Å². The van der Waals surface area contributed by atoms with Gasteiger partial charge in [-0.25, -0.2) is 0 Å². The second kappa shape index (κ2) is 10.4. The number of ether oxygens (including phenoxy) is 3. The molecule has 3 rings (SSSR count). The second-order valence-electron chi connectivity index (χ2n) is 7.23. The van der Waals surface area contributed by atoms with Gasteiger partial charge in [-0.1, -0.05) is 42.5 Å². The van der Waals surface area contributed by atoms with Crippen molar-refractivity contribution in [1.29, 1.82) is 0 Å². The Morgan fingerprint density at radius 1 is 1.00 bits per heavy atom. The predicted octanol–water partition coefficient (Wildman–Crippen LogP) is 3.69. The van der Waals surface area contributed by atoms with Crippen molar-refractivity contribution in [2.24, 2.45) is 5.41 Å². The molecule has 1 heterocycles. The molecule has 1 aliphatic rings. The summed E-state index contributed by atoms with van der Waals surface area (Å²) in [5.41, 5.74) is 0.176. The summed E-state index contributed by atoms with van der Waals surface area (Å²) in [4.78, 5) is 32.6. The van der Waals surface area contributed by atoms with Crippen LogP contribution in [-0.2, 0) is 30.4 Å². The quantitative estimate of drug-likeness (QED) is 0.470. The molecule has 2 aromatic carbocycles. The number of hydroxylamine groups is 2. The van der Waals surface area contributed by atoms with Crippen LogP contribution in [0.3, 0.4) is 0 Å². The van der Waals surface area contributed by atoms with E-state index >= 15 is 0 Å². The fraction of sp³-hybridized carbons (Fsp3) is 0.417. The van der Waals surface area contributed by atoms with Crippen LogP contribution in [0.4, 0.5) is 0 Å². The second-order valence-corrected chi connectivity index (χ2v) is 7.23. The van der Waals surface area contributed by atoms with Crippen LogP contribution >= 0.6 is 0 Å². The van der Waals surface area contributed by atoms with Crippen LogP contribution in [0.25, 0.3) is 0 Å². The van der Waals surface area contributed by atoms with E-state index in [4.69, 9.17) is 19.0 Å². The summed E-state index contributed by atoms with van der Waals surface area (Å²) in [6.07, 6.45) is 0.159. The van der Waals surface area contributed by atoms with Gasteiger partial charge in [0.15, 0.2) is 5.41 Å². The number of hydrogen-bond acceptors (Lipinski definition) is 7. The van der Waals surface area contributed by atoms with Gasteiger partial charge in [0.05, 0.1) is 33.0 Å². The van der Waals surface area contributed by atoms with E-state index in [1.54, 1.807) is 38.2 Å². The van der Waals surface area contributed by atoms with Gasteiger partial charge in [-0.3, -0.25) is 14.4 Å². The lowest BCUT2D eigenvalue weighted by molar-refractivity contribution is -0.263. The number of rotatable bonds is 8. The van der Waals surface area contributed by atoms with Crippen molar-refractivity contribution in [3.05, 3.63) is 65.7 Å². The van der Waals surface area contributed by atoms with Crippen molar-refractivity contribution in [2.75, 3.05) is 26.9 Å². The molecule has 0 radical (unpaired) electrons. The van der Waals surface area contributed by atoms with E-state index in [0.29, 0.717) is 12.3 Å². The summed E-state index contributed by atoms with van der Waals surface area (Å²) in [6.45, 7) is 4.35. The van der Waals surface area contributed by atoms with Crippen molar-refractivity contribution < 1.29 is 28.6 Å². The molecule has 1 aliphatic heterocycles. The Bertz CT molecular complexity index is 849. The molecular formula is C24H29NO6. The van der Waals surface area contributed by atoms with Crippen molar-refractivity contribution in [1.82, 2.24) is 5.06 Å². The van der Waals surface area contributed by atoms with E-state index in [0.717, 1.165) is 11.1 Å². The molecule has 0 aliphatic carbocycles. The third-order valence-electron chi connectivity index (χ3n) is 5.40. The van der Waals surface area contributed by atoms with E-state index < -0.39 is 23.4 Å². The highest BCUT2D eigenvalue weighted by atomic mass is 16.7. The molecule has 0 N–H and O–H groups in total. The number of methoxy groups -OCH3 is 1. The largest absolute Gasteiger partial charge is 0.497 e. The molecule has 0 amide bonds. The first kappa shape index (κ1) is 22.8. The molecule has 0 saturated carbocycles. The van der Waals surface area contributed by atoms with Crippen molar-refractivity contribution >= 4 is 11.9 Å². The Morgan fingerprint density at radius 3 is 2.16 bits per heavy atom.